The second-order valence-electron chi connectivity index (χ2n) is 3.24. The van der Waals surface area contributed by atoms with E-state index >= 15 is 0 Å². The standard InChI is InChI=1S/C11H8N4/c1-2-4-9-8(3-1)5-6-10(13-9)11-7-12-15-14-11/h1-7H,(H,12,14,15). The Morgan fingerprint density at radius 3 is 2.73 bits per heavy atom. The molecule has 0 spiro atoms. The Bertz CT molecular complexity index is 586. The van der Waals surface area contributed by atoms with Crippen LogP contribution in [0.5, 0.6) is 0 Å². The first-order chi connectivity index (χ1) is 7.43. The molecule has 0 fully saturated rings. The van der Waals surface area contributed by atoms with Gasteiger partial charge in [0.15, 0.2) is 0 Å². The third kappa shape index (κ3) is 1.36. The number of benzene rings is 1. The van der Waals surface area contributed by atoms with Gasteiger partial charge in [0.1, 0.15) is 5.69 Å². The lowest BCUT2D eigenvalue weighted by atomic mass is 10.2. The number of nitrogens with zero attached hydrogens (tertiary/aromatic N) is 3. The molecule has 0 aliphatic carbocycles. The second-order valence-corrected chi connectivity index (χ2v) is 3.24. The molecule has 0 aliphatic rings. The van der Waals surface area contributed by atoms with Gasteiger partial charge in [0.2, 0.25) is 0 Å². The highest BCUT2D eigenvalue weighted by molar-refractivity contribution is 5.80. The van der Waals surface area contributed by atoms with E-state index < -0.39 is 0 Å². The van der Waals surface area contributed by atoms with Gasteiger partial charge in [-0.1, -0.05) is 24.3 Å². The van der Waals surface area contributed by atoms with Crippen molar-refractivity contribution in [2.24, 2.45) is 0 Å². The van der Waals surface area contributed by atoms with Gasteiger partial charge < -0.3 is 0 Å². The van der Waals surface area contributed by atoms with E-state index in [0.717, 1.165) is 22.3 Å². The summed E-state index contributed by atoms with van der Waals surface area (Å²) >= 11 is 0. The van der Waals surface area contributed by atoms with Crippen molar-refractivity contribution in [3.8, 4) is 11.4 Å². The zero-order valence-corrected chi connectivity index (χ0v) is 7.88. The molecule has 72 valence electrons. The van der Waals surface area contributed by atoms with E-state index in [1.165, 1.54) is 0 Å². The van der Waals surface area contributed by atoms with Gasteiger partial charge in [0.05, 0.1) is 17.4 Å². The van der Waals surface area contributed by atoms with Crippen LogP contribution in [0, 0.1) is 0 Å². The molecule has 0 saturated carbocycles. The second kappa shape index (κ2) is 3.16. The minimum atomic E-state index is 0.765. The fourth-order valence-corrected chi connectivity index (χ4v) is 1.53. The summed E-state index contributed by atoms with van der Waals surface area (Å²) in [6.45, 7) is 0. The van der Waals surface area contributed by atoms with Gasteiger partial charge >= 0.3 is 0 Å². The lowest BCUT2D eigenvalue weighted by Crippen LogP contribution is -1.84. The maximum atomic E-state index is 4.50. The fourth-order valence-electron chi connectivity index (χ4n) is 1.53. The molecule has 4 nitrogen and oxygen atoms in total. The number of hydrogen-bond donors (Lipinski definition) is 1. The van der Waals surface area contributed by atoms with Crippen LogP contribution in [0.4, 0.5) is 0 Å². The van der Waals surface area contributed by atoms with Crippen molar-refractivity contribution in [3.63, 3.8) is 0 Å². The summed E-state index contributed by atoms with van der Waals surface area (Å²) in [6.07, 6.45) is 1.66. The maximum Gasteiger partial charge on any atom is 0.131 e. The van der Waals surface area contributed by atoms with Crippen LogP contribution in [0.1, 0.15) is 0 Å². The number of aromatic nitrogens is 4. The molecular formula is C11H8N4. The van der Waals surface area contributed by atoms with Crippen LogP contribution in [0.25, 0.3) is 22.3 Å². The maximum absolute atomic E-state index is 4.50. The number of rotatable bonds is 1. The molecule has 0 bridgehead atoms. The zero-order chi connectivity index (χ0) is 10.1. The van der Waals surface area contributed by atoms with Crippen molar-refractivity contribution in [2.45, 2.75) is 0 Å². The Hall–Kier alpha value is -2.23. The normalized spacial score (nSPS) is 10.7. The number of hydrogen-bond acceptors (Lipinski definition) is 3. The van der Waals surface area contributed by atoms with E-state index in [1.54, 1.807) is 6.20 Å². The molecule has 0 saturated heterocycles. The van der Waals surface area contributed by atoms with E-state index in [9.17, 15) is 0 Å². The first-order valence-corrected chi connectivity index (χ1v) is 4.65. The van der Waals surface area contributed by atoms with Gasteiger partial charge in [-0.05, 0) is 12.1 Å². The molecule has 15 heavy (non-hydrogen) atoms. The van der Waals surface area contributed by atoms with Crippen LogP contribution >= 0.6 is 0 Å². The fraction of sp³-hybridized carbons (Fsp3) is 0. The van der Waals surface area contributed by atoms with Gasteiger partial charge in [0, 0.05) is 5.39 Å². The Kier molecular flexibility index (Phi) is 1.71. The first-order valence-electron chi connectivity index (χ1n) is 4.65. The van der Waals surface area contributed by atoms with Crippen LogP contribution in [0.15, 0.2) is 42.6 Å². The van der Waals surface area contributed by atoms with Gasteiger partial charge in [-0.25, -0.2) is 4.98 Å². The molecule has 3 aromatic rings. The highest BCUT2D eigenvalue weighted by atomic mass is 15.3. The van der Waals surface area contributed by atoms with Gasteiger partial charge in [-0.15, -0.1) is 0 Å². The summed E-state index contributed by atoms with van der Waals surface area (Å²) in [4.78, 5) is 4.50. The van der Waals surface area contributed by atoms with Gasteiger partial charge in [0.25, 0.3) is 0 Å². The van der Waals surface area contributed by atoms with Crippen molar-refractivity contribution < 1.29 is 0 Å². The topological polar surface area (TPSA) is 54.5 Å². The lowest BCUT2D eigenvalue weighted by Gasteiger charge is -1.98. The number of aromatic amines is 1. The van der Waals surface area contributed by atoms with Crippen molar-refractivity contribution >= 4 is 10.9 Å². The van der Waals surface area contributed by atoms with Crippen molar-refractivity contribution in [3.05, 3.63) is 42.6 Å². The molecule has 1 aromatic carbocycles. The average Bonchev–Trinajstić information content (AvgIpc) is 2.82. The summed E-state index contributed by atoms with van der Waals surface area (Å²) in [7, 11) is 0. The monoisotopic (exact) mass is 196 g/mol. The van der Waals surface area contributed by atoms with Crippen LogP contribution in [0.3, 0.4) is 0 Å². The predicted molar refractivity (Wildman–Crippen MR) is 57.1 cm³/mol. The average molecular weight is 196 g/mol. The molecule has 0 amide bonds. The number of para-hydroxylation sites is 1. The summed E-state index contributed by atoms with van der Waals surface area (Å²) in [5.74, 6) is 0. The van der Waals surface area contributed by atoms with E-state index in [-0.39, 0.29) is 0 Å². The largest absolute Gasteiger partial charge is 0.246 e. The van der Waals surface area contributed by atoms with Crippen molar-refractivity contribution in [1.82, 2.24) is 20.4 Å². The quantitative estimate of drug-likeness (QED) is 0.647. The minimum absolute atomic E-state index is 0.765. The molecule has 0 radical (unpaired) electrons. The third-order valence-electron chi connectivity index (χ3n) is 2.28. The Morgan fingerprint density at radius 1 is 0.933 bits per heavy atom. The summed E-state index contributed by atoms with van der Waals surface area (Å²) in [5.41, 5.74) is 2.57. The van der Waals surface area contributed by atoms with Crippen LogP contribution in [0.2, 0.25) is 0 Å². The predicted octanol–water partition coefficient (Wildman–Crippen LogP) is 2.02. The SMILES string of the molecule is c1ccc2nc(-c3cn[nH]n3)ccc2c1. The molecule has 3 rings (SSSR count). The minimum Gasteiger partial charge on any atom is -0.246 e. The molecule has 2 heterocycles. The smallest absolute Gasteiger partial charge is 0.131 e. The highest BCUT2D eigenvalue weighted by Crippen LogP contribution is 2.17. The third-order valence-corrected chi connectivity index (χ3v) is 2.28. The zero-order valence-electron chi connectivity index (χ0n) is 7.88. The lowest BCUT2D eigenvalue weighted by molar-refractivity contribution is 0.941. The summed E-state index contributed by atoms with van der Waals surface area (Å²) in [6, 6.07) is 12.0. The Morgan fingerprint density at radius 2 is 1.87 bits per heavy atom. The number of H-pyrrole nitrogens is 1. The molecule has 2 aromatic heterocycles. The highest BCUT2D eigenvalue weighted by Gasteiger charge is 2.02. The Labute approximate surface area is 86.0 Å². The Balaban J connectivity index is 2.22. The van der Waals surface area contributed by atoms with Crippen LogP contribution < -0.4 is 0 Å². The van der Waals surface area contributed by atoms with E-state index in [2.05, 4.69) is 20.4 Å². The van der Waals surface area contributed by atoms with Crippen LogP contribution in [-0.4, -0.2) is 20.4 Å². The number of pyridine rings is 1. The molecule has 0 unspecified atom stereocenters. The van der Waals surface area contributed by atoms with Crippen molar-refractivity contribution in [1.29, 1.82) is 0 Å². The van der Waals surface area contributed by atoms with Gasteiger partial charge in [-0.3, -0.25) is 0 Å². The van der Waals surface area contributed by atoms with Gasteiger partial charge in [-0.2, -0.15) is 15.4 Å². The number of nitrogens with one attached hydrogen (secondary N) is 1. The van der Waals surface area contributed by atoms with E-state index in [1.807, 2.05) is 36.4 Å². The first kappa shape index (κ1) is 8.11. The molecule has 0 atom stereocenters. The van der Waals surface area contributed by atoms with E-state index in [0.29, 0.717) is 0 Å². The summed E-state index contributed by atoms with van der Waals surface area (Å²) < 4.78 is 0. The number of fused-ring (bicyclic) bond motifs is 1. The summed E-state index contributed by atoms with van der Waals surface area (Å²) in [5, 5.41) is 11.5. The van der Waals surface area contributed by atoms with Crippen LogP contribution in [-0.2, 0) is 0 Å². The van der Waals surface area contributed by atoms with Crippen molar-refractivity contribution in [2.75, 3.05) is 0 Å². The molecule has 0 aliphatic heterocycles. The molecular weight excluding hydrogens is 188 g/mol. The van der Waals surface area contributed by atoms with E-state index in [4.69, 9.17) is 0 Å². The molecule has 4 heteroatoms. The molecule has 1 N–H and O–H groups in total.